The van der Waals surface area contributed by atoms with E-state index >= 15 is 0 Å². The maximum absolute atomic E-state index is 12.1. The fourth-order valence-corrected chi connectivity index (χ4v) is 3.29. The van der Waals surface area contributed by atoms with Crippen LogP contribution in [0.4, 0.5) is 4.79 Å². The van der Waals surface area contributed by atoms with Gasteiger partial charge in [-0.15, -0.1) is 0 Å². The van der Waals surface area contributed by atoms with E-state index in [1.54, 1.807) is 16.2 Å². The van der Waals surface area contributed by atoms with Gasteiger partial charge in [-0.05, 0) is 62.4 Å². The molecular weight excluding hydrogens is 298 g/mol. The lowest BCUT2D eigenvalue weighted by molar-refractivity contribution is -0.0953. The molecule has 1 aromatic rings. The Morgan fingerprint density at radius 1 is 1.36 bits per heavy atom. The maximum Gasteiger partial charge on any atom is 0.410 e. The molecule has 124 valence electrons. The molecule has 0 bridgehead atoms. The molecule has 0 atom stereocenters. The molecule has 0 aromatic carbocycles. The largest absolute Gasteiger partial charge is 0.444 e. The van der Waals surface area contributed by atoms with Gasteiger partial charge in [-0.25, -0.2) is 4.79 Å². The molecule has 1 saturated heterocycles. The summed E-state index contributed by atoms with van der Waals surface area (Å²) in [6, 6.07) is 2.10. The van der Waals surface area contributed by atoms with Crippen LogP contribution in [0.25, 0.3) is 0 Å². The summed E-state index contributed by atoms with van der Waals surface area (Å²) < 4.78 is 11.7. The molecule has 1 aliphatic rings. The molecule has 1 aromatic heterocycles. The second-order valence-corrected chi connectivity index (χ2v) is 7.70. The molecule has 0 N–H and O–H groups in total. The van der Waals surface area contributed by atoms with Crippen molar-refractivity contribution in [3.8, 4) is 0 Å². The van der Waals surface area contributed by atoms with E-state index in [0.29, 0.717) is 19.7 Å². The number of piperidine rings is 1. The lowest BCUT2D eigenvalue weighted by Crippen LogP contribution is -2.49. The number of ether oxygens (including phenoxy) is 2. The minimum absolute atomic E-state index is 0.111. The molecule has 0 spiro atoms. The standard InChI is InChI=1S/C17H27NO3S/c1-5-17(20-12-14-6-11-22-13-14)7-9-18(10-8-17)15(19)21-16(2,3)4/h6,11,13H,5,7-10,12H2,1-4H3. The number of nitrogens with zero attached hydrogens (tertiary/aromatic N) is 1. The number of hydrogen-bond donors (Lipinski definition) is 0. The molecule has 22 heavy (non-hydrogen) atoms. The third kappa shape index (κ3) is 4.71. The van der Waals surface area contributed by atoms with Crippen LogP contribution in [0.5, 0.6) is 0 Å². The first-order valence-corrected chi connectivity index (χ1v) is 8.91. The van der Waals surface area contributed by atoms with Crippen LogP contribution in [0.2, 0.25) is 0 Å². The summed E-state index contributed by atoms with van der Waals surface area (Å²) in [5, 5.41) is 4.20. The van der Waals surface area contributed by atoms with Crippen molar-refractivity contribution in [2.75, 3.05) is 13.1 Å². The summed E-state index contributed by atoms with van der Waals surface area (Å²) in [5.74, 6) is 0. The highest BCUT2D eigenvalue weighted by molar-refractivity contribution is 7.07. The summed E-state index contributed by atoms with van der Waals surface area (Å²) in [7, 11) is 0. The van der Waals surface area contributed by atoms with Gasteiger partial charge in [0, 0.05) is 13.1 Å². The Bertz CT molecular complexity index is 471. The highest BCUT2D eigenvalue weighted by Gasteiger charge is 2.36. The van der Waals surface area contributed by atoms with Crippen LogP contribution in [0, 0.1) is 0 Å². The Hall–Kier alpha value is -1.07. The van der Waals surface area contributed by atoms with Crippen LogP contribution >= 0.6 is 11.3 Å². The van der Waals surface area contributed by atoms with E-state index in [2.05, 4.69) is 23.8 Å². The second kappa shape index (κ2) is 7.01. The first kappa shape index (κ1) is 17.3. The number of rotatable bonds is 4. The summed E-state index contributed by atoms with van der Waals surface area (Å²) in [5.41, 5.74) is 0.680. The Morgan fingerprint density at radius 2 is 2.05 bits per heavy atom. The lowest BCUT2D eigenvalue weighted by Gasteiger charge is -2.41. The van der Waals surface area contributed by atoms with Gasteiger partial charge >= 0.3 is 6.09 Å². The molecule has 1 fully saturated rings. The average Bonchev–Trinajstić information content (AvgIpc) is 2.97. The normalized spacial score (nSPS) is 18.3. The van der Waals surface area contributed by atoms with Crippen molar-refractivity contribution < 1.29 is 14.3 Å². The van der Waals surface area contributed by atoms with Crippen molar-refractivity contribution in [3.63, 3.8) is 0 Å². The molecule has 0 aliphatic carbocycles. The van der Waals surface area contributed by atoms with Crippen LogP contribution < -0.4 is 0 Å². The maximum atomic E-state index is 12.1. The summed E-state index contributed by atoms with van der Waals surface area (Å²) >= 11 is 1.69. The van der Waals surface area contributed by atoms with Crippen molar-refractivity contribution in [1.82, 2.24) is 4.90 Å². The molecule has 0 radical (unpaired) electrons. The molecule has 4 nitrogen and oxygen atoms in total. The highest BCUT2D eigenvalue weighted by Crippen LogP contribution is 2.31. The minimum Gasteiger partial charge on any atom is -0.444 e. The van der Waals surface area contributed by atoms with Gasteiger partial charge in [0.1, 0.15) is 5.60 Å². The van der Waals surface area contributed by atoms with Gasteiger partial charge in [0.25, 0.3) is 0 Å². The molecule has 5 heteroatoms. The van der Waals surface area contributed by atoms with Crippen molar-refractivity contribution in [1.29, 1.82) is 0 Å². The van der Waals surface area contributed by atoms with Gasteiger partial charge in [0.05, 0.1) is 12.2 Å². The van der Waals surface area contributed by atoms with Gasteiger partial charge in [0.15, 0.2) is 0 Å². The van der Waals surface area contributed by atoms with Gasteiger partial charge in [-0.3, -0.25) is 0 Å². The summed E-state index contributed by atoms with van der Waals surface area (Å²) in [6.07, 6.45) is 2.49. The zero-order valence-electron chi connectivity index (χ0n) is 14.1. The molecule has 2 rings (SSSR count). The van der Waals surface area contributed by atoms with Crippen molar-refractivity contribution in [2.45, 2.75) is 64.8 Å². The summed E-state index contributed by atoms with van der Waals surface area (Å²) in [4.78, 5) is 13.9. The summed E-state index contributed by atoms with van der Waals surface area (Å²) in [6.45, 7) is 9.92. The third-order valence-corrected chi connectivity index (χ3v) is 4.83. The molecule has 1 amide bonds. The zero-order chi connectivity index (χ0) is 16.2. The first-order valence-electron chi connectivity index (χ1n) is 7.96. The molecule has 0 unspecified atom stereocenters. The molecule has 1 aliphatic heterocycles. The number of carbonyl (C=O) groups is 1. The topological polar surface area (TPSA) is 38.8 Å². The Kier molecular flexibility index (Phi) is 5.50. The quantitative estimate of drug-likeness (QED) is 0.821. The van der Waals surface area contributed by atoms with Crippen LogP contribution in [-0.4, -0.2) is 35.3 Å². The zero-order valence-corrected chi connectivity index (χ0v) is 14.9. The molecule has 2 heterocycles. The van der Waals surface area contributed by atoms with Crippen molar-refractivity contribution >= 4 is 17.4 Å². The van der Waals surface area contributed by atoms with E-state index in [0.717, 1.165) is 19.3 Å². The van der Waals surface area contributed by atoms with Crippen molar-refractivity contribution in [3.05, 3.63) is 22.4 Å². The van der Waals surface area contributed by atoms with E-state index < -0.39 is 5.60 Å². The second-order valence-electron chi connectivity index (χ2n) is 6.92. The van der Waals surface area contributed by atoms with E-state index in [1.165, 1.54) is 5.56 Å². The SMILES string of the molecule is CCC1(OCc2ccsc2)CCN(C(=O)OC(C)(C)C)CC1. The number of amides is 1. The number of thiophene rings is 1. The van der Waals surface area contributed by atoms with E-state index in [9.17, 15) is 4.79 Å². The van der Waals surface area contributed by atoms with Gasteiger partial charge in [-0.2, -0.15) is 11.3 Å². The lowest BCUT2D eigenvalue weighted by atomic mass is 9.88. The highest BCUT2D eigenvalue weighted by atomic mass is 32.1. The fourth-order valence-electron chi connectivity index (χ4n) is 2.63. The third-order valence-electron chi connectivity index (χ3n) is 4.10. The smallest absolute Gasteiger partial charge is 0.410 e. The van der Waals surface area contributed by atoms with E-state index in [1.807, 2.05) is 20.8 Å². The van der Waals surface area contributed by atoms with Crippen LogP contribution in [0.1, 0.15) is 52.5 Å². The van der Waals surface area contributed by atoms with E-state index in [4.69, 9.17) is 9.47 Å². The van der Waals surface area contributed by atoms with Gasteiger partial charge in [0.2, 0.25) is 0 Å². The van der Waals surface area contributed by atoms with Crippen LogP contribution in [0.15, 0.2) is 16.8 Å². The van der Waals surface area contributed by atoms with Gasteiger partial charge in [-0.1, -0.05) is 6.92 Å². The minimum atomic E-state index is -0.439. The molecule has 0 saturated carbocycles. The number of carbonyl (C=O) groups excluding carboxylic acids is 1. The first-order chi connectivity index (χ1) is 10.3. The Balaban J connectivity index is 1.86. The Morgan fingerprint density at radius 3 is 2.55 bits per heavy atom. The fraction of sp³-hybridized carbons (Fsp3) is 0.706. The number of hydrogen-bond acceptors (Lipinski definition) is 4. The van der Waals surface area contributed by atoms with Crippen molar-refractivity contribution in [2.24, 2.45) is 0 Å². The Labute approximate surface area is 137 Å². The average molecular weight is 325 g/mol. The molecular formula is C17H27NO3S. The van der Waals surface area contributed by atoms with Crippen LogP contribution in [-0.2, 0) is 16.1 Å². The monoisotopic (exact) mass is 325 g/mol. The van der Waals surface area contributed by atoms with E-state index in [-0.39, 0.29) is 11.7 Å². The predicted molar refractivity (Wildman–Crippen MR) is 89.2 cm³/mol. The van der Waals surface area contributed by atoms with Gasteiger partial charge < -0.3 is 14.4 Å². The number of likely N-dealkylation sites (tertiary alicyclic amines) is 1. The predicted octanol–water partition coefficient (Wildman–Crippen LogP) is 4.44. The van der Waals surface area contributed by atoms with Crippen LogP contribution in [0.3, 0.4) is 0 Å².